The molecule has 0 saturated carbocycles. The van der Waals surface area contributed by atoms with Crippen molar-refractivity contribution in [3.8, 4) is 0 Å². The standard InChI is InChI=1S/C21H24N8O2/c1-15-16(2)23-14-29(21(15)31)13-20(30)28-10-8-27(9-11-28)19-6-5-18(25-26-19)24-17-4-3-7-22-12-17/h3-7,12,14H,8-11,13H2,1-2H3,(H,24,25). The summed E-state index contributed by atoms with van der Waals surface area (Å²) in [6, 6.07) is 7.52. The fourth-order valence-electron chi connectivity index (χ4n) is 3.36. The SMILES string of the molecule is Cc1ncn(CC(=O)N2CCN(c3ccc(Nc4cccnc4)nn3)CC2)c(=O)c1C. The van der Waals surface area contributed by atoms with Crippen LogP contribution in [0.3, 0.4) is 0 Å². The highest BCUT2D eigenvalue weighted by molar-refractivity contribution is 5.76. The van der Waals surface area contributed by atoms with E-state index in [0.717, 1.165) is 11.5 Å². The highest BCUT2D eigenvalue weighted by Gasteiger charge is 2.23. The molecule has 0 atom stereocenters. The number of hydrogen-bond acceptors (Lipinski definition) is 8. The van der Waals surface area contributed by atoms with Crippen LogP contribution in [0.25, 0.3) is 0 Å². The largest absolute Gasteiger partial charge is 0.352 e. The molecule has 31 heavy (non-hydrogen) atoms. The smallest absolute Gasteiger partial charge is 0.256 e. The van der Waals surface area contributed by atoms with Crippen molar-refractivity contribution in [2.24, 2.45) is 0 Å². The molecule has 1 amide bonds. The molecule has 1 N–H and O–H groups in total. The molecule has 1 fully saturated rings. The zero-order valence-corrected chi connectivity index (χ0v) is 17.5. The normalized spacial score (nSPS) is 13.9. The number of anilines is 3. The van der Waals surface area contributed by atoms with Crippen molar-refractivity contribution in [2.45, 2.75) is 20.4 Å². The topological polar surface area (TPSA) is 109 Å². The number of piperazine rings is 1. The minimum Gasteiger partial charge on any atom is -0.352 e. The second kappa shape index (κ2) is 8.90. The molecule has 0 aromatic carbocycles. The monoisotopic (exact) mass is 420 g/mol. The van der Waals surface area contributed by atoms with Crippen molar-refractivity contribution in [3.05, 3.63) is 64.6 Å². The van der Waals surface area contributed by atoms with E-state index in [4.69, 9.17) is 0 Å². The van der Waals surface area contributed by atoms with Gasteiger partial charge in [0.25, 0.3) is 5.56 Å². The Morgan fingerprint density at radius 2 is 1.90 bits per heavy atom. The van der Waals surface area contributed by atoms with Gasteiger partial charge in [-0.1, -0.05) is 0 Å². The summed E-state index contributed by atoms with van der Waals surface area (Å²) in [5, 5.41) is 11.7. The van der Waals surface area contributed by atoms with Crippen LogP contribution in [-0.4, -0.2) is 61.7 Å². The Kier molecular flexibility index (Phi) is 5.87. The van der Waals surface area contributed by atoms with Crippen molar-refractivity contribution >= 4 is 23.2 Å². The van der Waals surface area contributed by atoms with E-state index in [1.807, 2.05) is 24.3 Å². The average molecular weight is 420 g/mol. The predicted octanol–water partition coefficient (Wildman–Crippen LogP) is 1.14. The van der Waals surface area contributed by atoms with Gasteiger partial charge in [0, 0.05) is 43.6 Å². The van der Waals surface area contributed by atoms with E-state index in [2.05, 4.69) is 30.4 Å². The molecule has 0 radical (unpaired) electrons. The van der Waals surface area contributed by atoms with E-state index in [9.17, 15) is 9.59 Å². The van der Waals surface area contributed by atoms with Gasteiger partial charge in [0.1, 0.15) is 6.54 Å². The van der Waals surface area contributed by atoms with Crippen molar-refractivity contribution in [1.29, 1.82) is 0 Å². The first-order chi connectivity index (χ1) is 15.0. The summed E-state index contributed by atoms with van der Waals surface area (Å²) in [5.74, 6) is 1.31. The fourth-order valence-corrected chi connectivity index (χ4v) is 3.36. The maximum Gasteiger partial charge on any atom is 0.256 e. The highest BCUT2D eigenvalue weighted by Crippen LogP contribution is 2.17. The Hall–Kier alpha value is -3.82. The molecular weight excluding hydrogens is 396 g/mol. The van der Waals surface area contributed by atoms with Gasteiger partial charge in [-0.25, -0.2) is 4.98 Å². The second-order valence-electron chi connectivity index (χ2n) is 7.40. The molecule has 0 spiro atoms. The third kappa shape index (κ3) is 4.68. The molecule has 10 nitrogen and oxygen atoms in total. The molecule has 10 heteroatoms. The molecule has 4 rings (SSSR count). The van der Waals surface area contributed by atoms with Gasteiger partial charge in [0.15, 0.2) is 11.6 Å². The van der Waals surface area contributed by atoms with Crippen molar-refractivity contribution in [2.75, 3.05) is 36.4 Å². The minimum atomic E-state index is -0.172. The van der Waals surface area contributed by atoms with Gasteiger partial charge in [0.2, 0.25) is 5.91 Å². The number of carbonyl (C=O) groups excluding carboxylic acids is 1. The van der Waals surface area contributed by atoms with Crippen LogP contribution in [0.1, 0.15) is 11.3 Å². The fraction of sp³-hybridized carbons (Fsp3) is 0.333. The third-order valence-electron chi connectivity index (χ3n) is 5.36. The van der Waals surface area contributed by atoms with Crippen LogP contribution < -0.4 is 15.8 Å². The van der Waals surface area contributed by atoms with Gasteiger partial charge in [-0.2, -0.15) is 0 Å². The first kappa shape index (κ1) is 20.5. The summed E-state index contributed by atoms with van der Waals surface area (Å²) < 4.78 is 1.37. The van der Waals surface area contributed by atoms with Gasteiger partial charge < -0.3 is 15.1 Å². The van der Waals surface area contributed by atoms with E-state index in [-0.39, 0.29) is 18.0 Å². The average Bonchev–Trinajstić information content (AvgIpc) is 2.81. The van der Waals surface area contributed by atoms with Gasteiger partial charge in [0.05, 0.1) is 18.2 Å². The van der Waals surface area contributed by atoms with Gasteiger partial charge in [-0.3, -0.25) is 19.1 Å². The predicted molar refractivity (Wildman–Crippen MR) is 116 cm³/mol. The van der Waals surface area contributed by atoms with Crippen molar-refractivity contribution in [1.82, 2.24) is 29.6 Å². The lowest BCUT2D eigenvalue weighted by Crippen LogP contribution is -2.50. The van der Waals surface area contributed by atoms with E-state index >= 15 is 0 Å². The lowest BCUT2D eigenvalue weighted by molar-refractivity contribution is -0.132. The maximum atomic E-state index is 12.7. The van der Waals surface area contributed by atoms with Crippen LogP contribution in [0.15, 0.2) is 47.8 Å². The molecule has 1 aliphatic rings. The summed E-state index contributed by atoms with van der Waals surface area (Å²) in [7, 11) is 0. The molecule has 0 unspecified atom stereocenters. The second-order valence-corrected chi connectivity index (χ2v) is 7.40. The molecular formula is C21H24N8O2. The number of nitrogens with zero attached hydrogens (tertiary/aromatic N) is 7. The van der Waals surface area contributed by atoms with Crippen molar-refractivity contribution < 1.29 is 4.79 Å². The van der Waals surface area contributed by atoms with Crippen LogP contribution in [0.4, 0.5) is 17.3 Å². The molecule has 160 valence electrons. The Balaban J connectivity index is 1.32. The Morgan fingerprint density at radius 3 is 2.58 bits per heavy atom. The van der Waals surface area contributed by atoms with Gasteiger partial charge in [-0.05, 0) is 38.1 Å². The van der Waals surface area contributed by atoms with E-state index in [0.29, 0.717) is 43.3 Å². The van der Waals surface area contributed by atoms with Crippen LogP contribution in [0, 0.1) is 13.8 Å². The van der Waals surface area contributed by atoms with Crippen LogP contribution in [0.2, 0.25) is 0 Å². The Morgan fingerprint density at radius 1 is 1.10 bits per heavy atom. The molecule has 3 aromatic rings. The number of aromatic nitrogens is 5. The number of pyridine rings is 1. The zero-order chi connectivity index (χ0) is 21.8. The van der Waals surface area contributed by atoms with Gasteiger partial charge in [-0.15, -0.1) is 10.2 Å². The summed E-state index contributed by atoms with van der Waals surface area (Å²) in [6.45, 7) is 5.93. The summed E-state index contributed by atoms with van der Waals surface area (Å²) >= 11 is 0. The lowest BCUT2D eigenvalue weighted by Gasteiger charge is -2.35. The summed E-state index contributed by atoms with van der Waals surface area (Å²) in [5.41, 5.74) is 1.93. The zero-order valence-electron chi connectivity index (χ0n) is 17.5. The van der Waals surface area contributed by atoms with Crippen LogP contribution in [0.5, 0.6) is 0 Å². The number of carbonyl (C=O) groups is 1. The molecule has 0 bridgehead atoms. The van der Waals surface area contributed by atoms with Crippen LogP contribution >= 0.6 is 0 Å². The highest BCUT2D eigenvalue weighted by atomic mass is 16.2. The molecule has 0 aliphatic carbocycles. The van der Waals surface area contributed by atoms with Gasteiger partial charge >= 0.3 is 0 Å². The number of amides is 1. The lowest BCUT2D eigenvalue weighted by atomic mass is 10.2. The van der Waals surface area contributed by atoms with Crippen molar-refractivity contribution in [3.63, 3.8) is 0 Å². The number of hydrogen-bond donors (Lipinski definition) is 1. The maximum absolute atomic E-state index is 12.7. The first-order valence-corrected chi connectivity index (χ1v) is 10.1. The van der Waals surface area contributed by atoms with Crippen LogP contribution in [-0.2, 0) is 11.3 Å². The number of nitrogens with one attached hydrogen (secondary N) is 1. The third-order valence-corrected chi connectivity index (χ3v) is 5.36. The first-order valence-electron chi connectivity index (χ1n) is 10.1. The van der Waals surface area contributed by atoms with E-state index in [1.54, 1.807) is 31.1 Å². The quantitative estimate of drug-likeness (QED) is 0.654. The number of rotatable bonds is 5. The molecule has 3 aromatic heterocycles. The summed E-state index contributed by atoms with van der Waals surface area (Å²) in [6.07, 6.45) is 4.87. The molecule has 4 heterocycles. The number of aryl methyl sites for hydroxylation is 1. The Bertz CT molecular complexity index is 1110. The molecule has 1 aliphatic heterocycles. The van der Waals surface area contributed by atoms with E-state index in [1.165, 1.54) is 10.9 Å². The summed E-state index contributed by atoms with van der Waals surface area (Å²) in [4.78, 5) is 37.1. The minimum absolute atomic E-state index is 0.00146. The Labute approximate surface area is 179 Å². The van der Waals surface area contributed by atoms with E-state index < -0.39 is 0 Å². The molecule has 1 saturated heterocycles.